The third kappa shape index (κ3) is 4.28. The second kappa shape index (κ2) is 7.83. The molecule has 0 aliphatic carbocycles. The Bertz CT molecular complexity index is 896. The molecule has 1 heterocycles. The largest absolute Gasteiger partial charge is 0.344 e. The predicted octanol–water partition coefficient (Wildman–Crippen LogP) is 3.42. The highest BCUT2D eigenvalue weighted by Gasteiger charge is 2.14. The number of nitrogens with zero attached hydrogens (tertiary/aromatic N) is 2. The molecule has 0 bridgehead atoms. The van der Waals surface area contributed by atoms with E-state index in [9.17, 15) is 14.0 Å². The van der Waals surface area contributed by atoms with E-state index in [0.717, 1.165) is 17.3 Å². The van der Waals surface area contributed by atoms with E-state index in [2.05, 4.69) is 19.4 Å². The van der Waals surface area contributed by atoms with Crippen molar-refractivity contribution in [1.82, 2.24) is 14.1 Å². The van der Waals surface area contributed by atoms with Crippen LogP contribution in [0.1, 0.15) is 39.4 Å². The Morgan fingerprint density at radius 3 is 2.35 bits per heavy atom. The monoisotopic (exact) mass is 370 g/mol. The maximum Gasteiger partial charge on any atom is 0.273 e. The first-order valence-electron chi connectivity index (χ1n) is 7.78. The van der Waals surface area contributed by atoms with E-state index in [-0.39, 0.29) is 23.6 Å². The molecule has 2 aromatic carbocycles. The van der Waals surface area contributed by atoms with Crippen LogP contribution < -0.4 is 10.6 Å². The minimum atomic E-state index is -0.393. The van der Waals surface area contributed by atoms with Crippen molar-refractivity contribution in [2.75, 3.05) is 5.32 Å². The number of nitrogens with one attached hydrogen (secondary N) is 2. The summed E-state index contributed by atoms with van der Waals surface area (Å²) in [6, 6.07) is 12.2. The molecule has 0 radical (unpaired) electrons. The summed E-state index contributed by atoms with van der Waals surface area (Å²) in [6.07, 6.45) is 1.42. The summed E-state index contributed by atoms with van der Waals surface area (Å²) in [6.45, 7) is 1.85. The summed E-state index contributed by atoms with van der Waals surface area (Å²) in [5.41, 5.74) is 2.13. The van der Waals surface area contributed by atoms with E-state index in [0.29, 0.717) is 11.3 Å². The van der Waals surface area contributed by atoms with Gasteiger partial charge in [0.15, 0.2) is 5.69 Å². The Morgan fingerprint density at radius 2 is 1.73 bits per heavy atom. The van der Waals surface area contributed by atoms with Crippen LogP contribution in [0.25, 0.3) is 0 Å². The molecule has 2 amide bonds. The van der Waals surface area contributed by atoms with Crippen LogP contribution in [0.2, 0.25) is 0 Å². The zero-order valence-electron chi connectivity index (χ0n) is 13.8. The zero-order chi connectivity index (χ0) is 18.5. The number of rotatable bonds is 5. The Balaban J connectivity index is 1.61. The molecule has 0 spiro atoms. The fourth-order valence-corrected chi connectivity index (χ4v) is 2.69. The molecule has 0 saturated carbocycles. The van der Waals surface area contributed by atoms with Crippen molar-refractivity contribution < 1.29 is 14.0 Å². The minimum Gasteiger partial charge on any atom is -0.344 e. The summed E-state index contributed by atoms with van der Waals surface area (Å²) in [7, 11) is 0. The van der Waals surface area contributed by atoms with Crippen molar-refractivity contribution in [2.24, 2.45) is 0 Å². The van der Waals surface area contributed by atoms with Crippen LogP contribution in [-0.4, -0.2) is 20.6 Å². The van der Waals surface area contributed by atoms with E-state index in [1.807, 2.05) is 19.1 Å². The summed E-state index contributed by atoms with van der Waals surface area (Å²) in [4.78, 5) is 24.1. The van der Waals surface area contributed by atoms with Gasteiger partial charge in [-0.1, -0.05) is 12.1 Å². The van der Waals surface area contributed by atoms with Crippen LogP contribution in [0, 0.1) is 5.82 Å². The maximum atomic E-state index is 12.9. The normalized spacial score (nSPS) is 11.6. The summed E-state index contributed by atoms with van der Waals surface area (Å²) in [5.74, 6) is -1.01. The molecule has 8 heteroatoms. The zero-order valence-corrected chi connectivity index (χ0v) is 14.6. The number of carbonyl (C=O) groups is 2. The van der Waals surface area contributed by atoms with E-state index < -0.39 is 5.82 Å². The quantitative estimate of drug-likeness (QED) is 0.721. The van der Waals surface area contributed by atoms with Crippen LogP contribution in [-0.2, 0) is 0 Å². The fourth-order valence-electron chi connectivity index (χ4n) is 2.28. The van der Waals surface area contributed by atoms with Crippen molar-refractivity contribution >= 4 is 29.2 Å². The fraction of sp³-hybridized carbons (Fsp3) is 0.111. The van der Waals surface area contributed by atoms with Gasteiger partial charge in [-0.3, -0.25) is 9.59 Å². The van der Waals surface area contributed by atoms with Crippen LogP contribution in [0.3, 0.4) is 0 Å². The topological polar surface area (TPSA) is 84.0 Å². The van der Waals surface area contributed by atoms with Gasteiger partial charge in [0, 0.05) is 11.3 Å². The first-order valence-corrected chi connectivity index (χ1v) is 8.51. The van der Waals surface area contributed by atoms with E-state index in [4.69, 9.17) is 0 Å². The molecular formula is C18H15FN4O2S. The first kappa shape index (κ1) is 17.7. The van der Waals surface area contributed by atoms with Gasteiger partial charge in [0.05, 0.1) is 24.0 Å². The third-order valence-corrected chi connectivity index (χ3v) is 4.19. The number of benzene rings is 2. The lowest BCUT2D eigenvalue weighted by molar-refractivity contribution is 0.0935. The molecule has 0 saturated heterocycles. The van der Waals surface area contributed by atoms with Gasteiger partial charge in [-0.25, -0.2) is 4.39 Å². The number of carbonyl (C=O) groups excluding carboxylic acids is 2. The lowest BCUT2D eigenvalue weighted by atomic mass is 10.1. The molecule has 0 aliphatic rings. The number of aromatic nitrogens is 2. The number of hydrogen-bond donors (Lipinski definition) is 2. The van der Waals surface area contributed by atoms with E-state index in [1.54, 1.807) is 12.1 Å². The van der Waals surface area contributed by atoms with Crippen LogP contribution in [0.5, 0.6) is 0 Å². The maximum absolute atomic E-state index is 12.9. The molecule has 0 unspecified atom stereocenters. The molecule has 6 nitrogen and oxygen atoms in total. The Labute approximate surface area is 153 Å². The lowest BCUT2D eigenvalue weighted by Gasteiger charge is -2.14. The van der Waals surface area contributed by atoms with Gasteiger partial charge in [0.1, 0.15) is 5.82 Å². The molecular weight excluding hydrogens is 355 g/mol. The molecule has 0 aliphatic heterocycles. The van der Waals surface area contributed by atoms with E-state index in [1.165, 1.54) is 30.5 Å². The van der Waals surface area contributed by atoms with Crippen LogP contribution in [0.4, 0.5) is 10.1 Å². The Morgan fingerprint density at radius 1 is 1.04 bits per heavy atom. The predicted molar refractivity (Wildman–Crippen MR) is 96.6 cm³/mol. The lowest BCUT2D eigenvalue weighted by Crippen LogP contribution is -2.26. The highest BCUT2D eigenvalue weighted by atomic mass is 32.1. The van der Waals surface area contributed by atoms with Gasteiger partial charge in [0.2, 0.25) is 0 Å². The molecule has 132 valence electrons. The van der Waals surface area contributed by atoms with Crippen molar-refractivity contribution in [2.45, 2.75) is 13.0 Å². The van der Waals surface area contributed by atoms with Crippen molar-refractivity contribution in [3.05, 3.63) is 77.4 Å². The molecule has 0 fully saturated rings. The number of hydrogen-bond acceptors (Lipinski definition) is 5. The Hall–Kier alpha value is -3.13. The molecule has 3 rings (SSSR count). The summed E-state index contributed by atoms with van der Waals surface area (Å²) >= 11 is 0.976. The number of anilines is 1. The third-order valence-electron chi connectivity index (χ3n) is 3.72. The number of halogens is 1. The SMILES string of the molecule is C[C@H](NC(=O)c1cnsn1)c1ccc(NC(=O)c2ccc(F)cc2)cc1. The molecule has 26 heavy (non-hydrogen) atoms. The van der Waals surface area contributed by atoms with Crippen molar-refractivity contribution in [3.63, 3.8) is 0 Å². The molecule has 1 atom stereocenters. The molecule has 3 aromatic rings. The van der Waals surface area contributed by atoms with Gasteiger partial charge in [-0.2, -0.15) is 8.75 Å². The standard InChI is InChI=1S/C18H15FN4O2S/c1-11(21-18(25)16-10-20-26-23-16)12-4-8-15(9-5-12)22-17(24)13-2-6-14(19)7-3-13/h2-11H,1H3,(H,21,25)(H,22,24)/t11-/m0/s1. The van der Waals surface area contributed by atoms with Gasteiger partial charge in [-0.15, -0.1) is 0 Å². The van der Waals surface area contributed by atoms with Gasteiger partial charge >= 0.3 is 0 Å². The van der Waals surface area contributed by atoms with Crippen LogP contribution >= 0.6 is 11.7 Å². The van der Waals surface area contributed by atoms with Gasteiger partial charge in [-0.05, 0) is 48.9 Å². The number of amides is 2. The van der Waals surface area contributed by atoms with Gasteiger partial charge in [0.25, 0.3) is 11.8 Å². The van der Waals surface area contributed by atoms with E-state index >= 15 is 0 Å². The second-order valence-electron chi connectivity index (χ2n) is 5.57. The smallest absolute Gasteiger partial charge is 0.273 e. The first-order chi connectivity index (χ1) is 12.5. The molecule has 2 N–H and O–H groups in total. The summed E-state index contributed by atoms with van der Waals surface area (Å²) < 4.78 is 20.6. The highest BCUT2D eigenvalue weighted by Crippen LogP contribution is 2.17. The minimum absolute atomic E-state index is 0.231. The van der Waals surface area contributed by atoms with Crippen LogP contribution in [0.15, 0.2) is 54.7 Å². The highest BCUT2D eigenvalue weighted by molar-refractivity contribution is 6.99. The Kier molecular flexibility index (Phi) is 5.33. The van der Waals surface area contributed by atoms with Crippen molar-refractivity contribution in [1.29, 1.82) is 0 Å². The summed E-state index contributed by atoms with van der Waals surface area (Å²) in [5, 5.41) is 5.57. The second-order valence-corrected chi connectivity index (χ2v) is 6.13. The van der Waals surface area contributed by atoms with Crippen molar-refractivity contribution in [3.8, 4) is 0 Å². The average Bonchev–Trinajstić information content (AvgIpc) is 3.17. The average molecular weight is 370 g/mol. The van der Waals surface area contributed by atoms with Gasteiger partial charge < -0.3 is 10.6 Å². The molecule has 1 aromatic heterocycles.